The molecule has 3 N–H and O–H groups in total. The van der Waals surface area contributed by atoms with Crippen molar-refractivity contribution in [1.82, 2.24) is 4.90 Å². The standard InChI is InChI=1S/C26H29N3O3S/c1-32-20-14-12-18(13-15-20)26(31)29(23-10-5-3-8-21(23)27)17-19-7-2-4-9-22(19)28-25(30)24-11-6-16-33-24/h2,4,6-7,9,11-16,21,23H,3,5,8,10,17,27H2,1H3,(H,28,30). The van der Waals surface area contributed by atoms with E-state index in [2.05, 4.69) is 5.32 Å². The van der Waals surface area contributed by atoms with Gasteiger partial charge in [0.15, 0.2) is 0 Å². The lowest BCUT2D eigenvalue weighted by atomic mass is 9.89. The molecule has 2 aromatic carbocycles. The Morgan fingerprint density at radius 3 is 2.52 bits per heavy atom. The monoisotopic (exact) mass is 463 g/mol. The summed E-state index contributed by atoms with van der Waals surface area (Å²) in [6.45, 7) is 0.365. The quantitative estimate of drug-likeness (QED) is 0.521. The summed E-state index contributed by atoms with van der Waals surface area (Å²) in [6, 6.07) is 18.3. The van der Waals surface area contributed by atoms with Gasteiger partial charge in [-0.1, -0.05) is 37.1 Å². The summed E-state index contributed by atoms with van der Waals surface area (Å²) in [5.41, 5.74) is 8.67. The third-order valence-corrected chi connectivity index (χ3v) is 7.00. The number of nitrogens with zero attached hydrogens (tertiary/aromatic N) is 1. The van der Waals surface area contributed by atoms with E-state index in [9.17, 15) is 9.59 Å². The molecule has 7 heteroatoms. The number of carbonyl (C=O) groups excluding carboxylic acids is 2. The highest BCUT2D eigenvalue weighted by Crippen LogP contribution is 2.28. The number of methoxy groups -OCH3 is 1. The van der Waals surface area contributed by atoms with Crippen molar-refractivity contribution < 1.29 is 14.3 Å². The summed E-state index contributed by atoms with van der Waals surface area (Å²) in [5.74, 6) is 0.480. The van der Waals surface area contributed by atoms with E-state index in [0.717, 1.165) is 31.2 Å². The summed E-state index contributed by atoms with van der Waals surface area (Å²) >= 11 is 1.39. The van der Waals surface area contributed by atoms with Crippen molar-refractivity contribution in [2.75, 3.05) is 12.4 Å². The van der Waals surface area contributed by atoms with E-state index in [1.807, 2.05) is 40.6 Å². The summed E-state index contributed by atoms with van der Waals surface area (Å²) in [6.07, 6.45) is 3.89. The van der Waals surface area contributed by atoms with E-state index in [1.54, 1.807) is 37.4 Å². The number of carbonyl (C=O) groups is 2. The van der Waals surface area contributed by atoms with Gasteiger partial charge < -0.3 is 20.7 Å². The predicted molar refractivity (Wildman–Crippen MR) is 132 cm³/mol. The predicted octanol–water partition coefficient (Wildman–Crippen LogP) is 4.92. The van der Waals surface area contributed by atoms with Gasteiger partial charge >= 0.3 is 0 Å². The Bertz CT molecular complexity index is 1080. The number of rotatable bonds is 7. The second-order valence-electron chi connectivity index (χ2n) is 8.27. The maximum absolute atomic E-state index is 13.7. The van der Waals surface area contributed by atoms with Crippen LogP contribution in [0, 0.1) is 0 Å². The van der Waals surface area contributed by atoms with Crippen molar-refractivity contribution >= 4 is 28.8 Å². The SMILES string of the molecule is COc1ccc(C(=O)N(Cc2ccccc2NC(=O)c2cccs2)C2CCCCC2N)cc1. The zero-order valence-electron chi connectivity index (χ0n) is 18.7. The topological polar surface area (TPSA) is 84.7 Å². The molecule has 0 saturated heterocycles. The molecular formula is C26H29N3O3S. The molecule has 172 valence electrons. The fourth-order valence-corrected chi connectivity index (χ4v) is 4.94. The van der Waals surface area contributed by atoms with Crippen LogP contribution >= 0.6 is 11.3 Å². The van der Waals surface area contributed by atoms with Crippen molar-refractivity contribution in [3.05, 3.63) is 82.0 Å². The van der Waals surface area contributed by atoms with Gasteiger partial charge in [0.2, 0.25) is 0 Å². The van der Waals surface area contributed by atoms with Gasteiger partial charge in [0.05, 0.1) is 12.0 Å². The molecule has 1 saturated carbocycles. The summed E-state index contributed by atoms with van der Waals surface area (Å²) in [7, 11) is 1.60. The van der Waals surface area contributed by atoms with E-state index in [0.29, 0.717) is 28.4 Å². The lowest BCUT2D eigenvalue weighted by molar-refractivity contribution is 0.0584. The average molecular weight is 464 g/mol. The Morgan fingerprint density at radius 2 is 1.82 bits per heavy atom. The number of hydrogen-bond acceptors (Lipinski definition) is 5. The van der Waals surface area contributed by atoms with Crippen LogP contribution in [-0.2, 0) is 6.54 Å². The van der Waals surface area contributed by atoms with Crippen molar-refractivity contribution in [2.24, 2.45) is 5.73 Å². The molecule has 1 fully saturated rings. The fraction of sp³-hybridized carbons (Fsp3) is 0.308. The zero-order valence-corrected chi connectivity index (χ0v) is 19.5. The fourth-order valence-electron chi connectivity index (χ4n) is 4.32. The number of nitrogens with one attached hydrogen (secondary N) is 1. The van der Waals surface area contributed by atoms with Crippen LogP contribution < -0.4 is 15.8 Å². The summed E-state index contributed by atoms with van der Waals surface area (Å²) in [4.78, 5) is 28.8. The van der Waals surface area contributed by atoms with E-state index < -0.39 is 0 Å². The van der Waals surface area contributed by atoms with Crippen molar-refractivity contribution in [2.45, 2.75) is 44.3 Å². The molecule has 2 atom stereocenters. The first kappa shape index (κ1) is 23.0. The molecule has 1 aliphatic rings. The van der Waals surface area contributed by atoms with Gasteiger partial charge in [-0.3, -0.25) is 9.59 Å². The molecule has 2 unspecified atom stereocenters. The first-order chi connectivity index (χ1) is 16.1. The van der Waals surface area contributed by atoms with E-state index in [1.165, 1.54) is 11.3 Å². The number of hydrogen-bond donors (Lipinski definition) is 2. The smallest absolute Gasteiger partial charge is 0.265 e. The summed E-state index contributed by atoms with van der Waals surface area (Å²) < 4.78 is 5.24. The molecule has 2 amide bonds. The highest BCUT2D eigenvalue weighted by atomic mass is 32.1. The molecule has 1 aliphatic carbocycles. The number of anilines is 1. The lowest BCUT2D eigenvalue weighted by Gasteiger charge is -2.39. The first-order valence-electron chi connectivity index (χ1n) is 11.2. The molecule has 0 bridgehead atoms. The minimum Gasteiger partial charge on any atom is -0.497 e. The Balaban J connectivity index is 1.62. The van der Waals surface area contributed by atoms with Gasteiger partial charge in [-0.25, -0.2) is 0 Å². The second kappa shape index (κ2) is 10.6. The third kappa shape index (κ3) is 5.43. The lowest BCUT2D eigenvalue weighted by Crippen LogP contribution is -2.51. The molecule has 1 aromatic heterocycles. The Kier molecular flexibility index (Phi) is 7.42. The van der Waals surface area contributed by atoms with Crippen LogP contribution in [0.5, 0.6) is 5.75 Å². The van der Waals surface area contributed by atoms with Crippen molar-refractivity contribution in [1.29, 1.82) is 0 Å². The minimum atomic E-state index is -0.153. The van der Waals surface area contributed by atoms with Crippen LogP contribution in [0.3, 0.4) is 0 Å². The normalized spacial score (nSPS) is 17.9. The highest BCUT2D eigenvalue weighted by Gasteiger charge is 2.32. The molecule has 0 radical (unpaired) electrons. The number of benzene rings is 2. The Morgan fingerprint density at radius 1 is 1.06 bits per heavy atom. The van der Waals surface area contributed by atoms with E-state index in [4.69, 9.17) is 10.5 Å². The number of para-hydroxylation sites is 1. The van der Waals surface area contributed by atoms with Crippen molar-refractivity contribution in [3.8, 4) is 5.75 Å². The molecular weight excluding hydrogens is 434 g/mol. The zero-order chi connectivity index (χ0) is 23.2. The molecule has 33 heavy (non-hydrogen) atoms. The maximum Gasteiger partial charge on any atom is 0.265 e. The van der Waals surface area contributed by atoms with Gasteiger partial charge in [-0.05, 0) is 60.2 Å². The van der Waals surface area contributed by atoms with E-state index >= 15 is 0 Å². The Hall–Kier alpha value is -3.16. The number of amides is 2. The van der Waals surface area contributed by atoms with Gasteiger partial charge in [-0.15, -0.1) is 11.3 Å². The van der Waals surface area contributed by atoms with Gasteiger partial charge in [0.25, 0.3) is 11.8 Å². The van der Waals surface area contributed by atoms with Gasteiger partial charge in [-0.2, -0.15) is 0 Å². The van der Waals surface area contributed by atoms with Crippen LogP contribution in [0.15, 0.2) is 66.0 Å². The van der Waals surface area contributed by atoms with Crippen LogP contribution in [-0.4, -0.2) is 35.9 Å². The molecule has 3 aromatic rings. The molecule has 0 spiro atoms. The first-order valence-corrected chi connectivity index (χ1v) is 12.1. The molecule has 1 heterocycles. The minimum absolute atomic E-state index is 0.0607. The summed E-state index contributed by atoms with van der Waals surface area (Å²) in [5, 5.41) is 4.89. The number of ether oxygens (including phenoxy) is 1. The largest absolute Gasteiger partial charge is 0.497 e. The van der Waals surface area contributed by atoms with E-state index in [-0.39, 0.29) is 23.9 Å². The molecule has 6 nitrogen and oxygen atoms in total. The number of nitrogens with two attached hydrogens (primary N) is 1. The van der Waals surface area contributed by atoms with Crippen LogP contribution in [0.1, 0.15) is 51.3 Å². The number of thiophene rings is 1. The molecule has 0 aliphatic heterocycles. The second-order valence-corrected chi connectivity index (χ2v) is 9.21. The van der Waals surface area contributed by atoms with Crippen LogP contribution in [0.2, 0.25) is 0 Å². The van der Waals surface area contributed by atoms with Gasteiger partial charge in [0, 0.05) is 29.9 Å². The molecule has 4 rings (SSSR count). The Labute approximate surface area is 198 Å². The highest BCUT2D eigenvalue weighted by molar-refractivity contribution is 7.12. The maximum atomic E-state index is 13.7. The van der Waals surface area contributed by atoms with Crippen molar-refractivity contribution in [3.63, 3.8) is 0 Å². The van der Waals surface area contributed by atoms with Crippen LogP contribution in [0.25, 0.3) is 0 Å². The van der Waals surface area contributed by atoms with Gasteiger partial charge in [0.1, 0.15) is 5.75 Å². The third-order valence-electron chi connectivity index (χ3n) is 6.13. The van der Waals surface area contributed by atoms with Crippen LogP contribution in [0.4, 0.5) is 5.69 Å². The average Bonchev–Trinajstić information content (AvgIpc) is 3.39.